The van der Waals surface area contributed by atoms with E-state index in [9.17, 15) is 4.79 Å². The van der Waals surface area contributed by atoms with Gasteiger partial charge in [0.2, 0.25) is 0 Å². The molecule has 2 heterocycles. The second kappa shape index (κ2) is 3.10. The molecule has 0 saturated carbocycles. The summed E-state index contributed by atoms with van der Waals surface area (Å²) in [5.74, 6) is -0.871. The lowest BCUT2D eigenvalue weighted by Crippen LogP contribution is -2.02. The Morgan fingerprint density at radius 2 is 2.43 bits per heavy atom. The summed E-state index contributed by atoms with van der Waals surface area (Å²) in [5, 5.41) is 8.65. The van der Waals surface area contributed by atoms with Gasteiger partial charge in [-0.1, -0.05) is 0 Å². The molecule has 5 nitrogen and oxygen atoms in total. The normalized spacial score (nSPS) is 10.6. The number of hydrogen-bond acceptors (Lipinski definition) is 3. The molecule has 0 spiro atoms. The monoisotopic (exact) mass is 191 g/mol. The molecule has 0 fully saturated rings. The van der Waals surface area contributed by atoms with E-state index in [1.54, 1.807) is 23.0 Å². The van der Waals surface area contributed by atoms with E-state index in [2.05, 4.69) is 9.97 Å². The summed E-state index contributed by atoms with van der Waals surface area (Å²) in [6.45, 7) is 1.83. The molecule has 14 heavy (non-hydrogen) atoms. The van der Waals surface area contributed by atoms with Crippen LogP contribution in [0, 0.1) is 6.92 Å². The van der Waals surface area contributed by atoms with E-state index in [1.807, 2.05) is 6.92 Å². The highest BCUT2D eigenvalue weighted by molar-refractivity contribution is 5.70. The maximum absolute atomic E-state index is 10.5. The van der Waals surface area contributed by atoms with Crippen molar-refractivity contribution in [2.75, 3.05) is 0 Å². The highest BCUT2D eigenvalue weighted by atomic mass is 16.4. The predicted molar refractivity (Wildman–Crippen MR) is 49.1 cm³/mol. The van der Waals surface area contributed by atoms with Crippen LogP contribution in [0.2, 0.25) is 0 Å². The summed E-state index contributed by atoms with van der Waals surface area (Å²) >= 11 is 0. The molecule has 0 aromatic carbocycles. The molecule has 72 valence electrons. The first-order chi connectivity index (χ1) is 6.68. The average molecular weight is 191 g/mol. The number of hydrogen-bond donors (Lipinski definition) is 1. The number of aryl methyl sites for hydroxylation is 1. The van der Waals surface area contributed by atoms with Gasteiger partial charge in [-0.3, -0.25) is 9.20 Å². The second-order valence-electron chi connectivity index (χ2n) is 3.02. The van der Waals surface area contributed by atoms with Gasteiger partial charge >= 0.3 is 5.97 Å². The second-order valence-corrected chi connectivity index (χ2v) is 3.02. The van der Waals surface area contributed by atoms with Crippen LogP contribution in [0.3, 0.4) is 0 Å². The van der Waals surface area contributed by atoms with Crippen LogP contribution in [0.5, 0.6) is 0 Å². The van der Waals surface area contributed by atoms with Crippen molar-refractivity contribution in [2.45, 2.75) is 13.3 Å². The van der Waals surface area contributed by atoms with Crippen molar-refractivity contribution in [3.05, 3.63) is 30.0 Å². The topological polar surface area (TPSA) is 67.5 Å². The minimum atomic E-state index is -0.871. The highest BCUT2D eigenvalue weighted by Gasteiger charge is 2.10. The summed E-state index contributed by atoms with van der Waals surface area (Å²) in [5.41, 5.74) is 2.15. The molecule has 0 saturated heterocycles. The molecule has 2 aromatic heterocycles. The Morgan fingerprint density at radius 3 is 3.07 bits per heavy atom. The number of carboxylic acid groups (broad SMARTS) is 1. The number of rotatable bonds is 2. The van der Waals surface area contributed by atoms with Crippen LogP contribution in [0.4, 0.5) is 0 Å². The van der Waals surface area contributed by atoms with Crippen LogP contribution in [0.1, 0.15) is 11.4 Å². The van der Waals surface area contributed by atoms with Gasteiger partial charge in [-0.25, -0.2) is 9.97 Å². The number of nitrogens with zero attached hydrogens (tertiary/aromatic N) is 3. The molecule has 0 radical (unpaired) electrons. The van der Waals surface area contributed by atoms with Gasteiger partial charge in [0.25, 0.3) is 0 Å². The van der Waals surface area contributed by atoms with E-state index < -0.39 is 5.97 Å². The summed E-state index contributed by atoms with van der Waals surface area (Å²) < 4.78 is 1.78. The number of aliphatic carboxylic acids is 1. The van der Waals surface area contributed by atoms with E-state index in [0.717, 1.165) is 11.3 Å². The average Bonchev–Trinajstić information content (AvgIpc) is 2.44. The molecule has 0 atom stereocenters. The number of aromatic nitrogens is 3. The van der Waals surface area contributed by atoms with Gasteiger partial charge < -0.3 is 5.11 Å². The van der Waals surface area contributed by atoms with E-state index in [1.165, 1.54) is 0 Å². The predicted octanol–water partition coefficient (Wildman–Crippen LogP) is 0.665. The Kier molecular flexibility index (Phi) is 1.92. The van der Waals surface area contributed by atoms with Crippen LogP contribution in [-0.2, 0) is 11.2 Å². The Labute approximate surface area is 80.0 Å². The Bertz CT molecular complexity index is 490. The number of carbonyl (C=O) groups is 1. The summed E-state index contributed by atoms with van der Waals surface area (Å²) in [7, 11) is 0. The van der Waals surface area contributed by atoms with E-state index in [4.69, 9.17) is 5.11 Å². The zero-order valence-electron chi connectivity index (χ0n) is 7.64. The third kappa shape index (κ3) is 1.32. The summed E-state index contributed by atoms with van der Waals surface area (Å²) in [6.07, 6.45) is 3.21. The van der Waals surface area contributed by atoms with Gasteiger partial charge in [0.15, 0.2) is 0 Å². The van der Waals surface area contributed by atoms with Gasteiger partial charge in [-0.2, -0.15) is 0 Å². The fraction of sp³-hybridized carbons (Fsp3) is 0.222. The summed E-state index contributed by atoms with van der Waals surface area (Å²) in [4.78, 5) is 18.7. The van der Waals surface area contributed by atoms with Crippen molar-refractivity contribution in [3.8, 4) is 0 Å². The molecular weight excluding hydrogens is 182 g/mol. The zero-order valence-corrected chi connectivity index (χ0v) is 7.64. The van der Waals surface area contributed by atoms with Crippen LogP contribution in [0.25, 0.3) is 5.65 Å². The number of carboxylic acids is 1. The minimum absolute atomic E-state index is 0.0481. The minimum Gasteiger partial charge on any atom is -0.481 e. The van der Waals surface area contributed by atoms with Crippen molar-refractivity contribution < 1.29 is 9.90 Å². The van der Waals surface area contributed by atoms with Gasteiger partial charge in [-0.05, 0) is 13.0 Å². The molecule has 2 rings (SSSR count). The Balaban J connectivity index is 2.57. The molecule has 5 heteroatoms. The van der Waals surface area contributed by atoms with Gasteiger partial charge in [0, 0.05) is 11.9 Å². The van der Waals surface area contributed by atoms with E-state index in [0.29, 0.717) is 5.69 Å². The smallest absolute Gasteiger partial charge is 0.309 e. The lowest BCUT2D eigenvalue weighted by Gasteiger charge is -1.94. The van der Waals surface area contributed by atoms with Crippen molar-refractivity contribution in [1.82, 2.24) is 14.4 Å². The van der Waals surface area contributed by atoms with Crippen molar-refractivity contribution in [1.29, 1.82) is 0 Å². The van der Waals surface area contributed by atoms with Crippen LogP contribution in [-0.4, -0.2) is 25.4 Å². The third-order valence-corrected chi connectivity index (χ3v) is 2.09. The van der Waals surface area contributed by atoms with Crippen LogP contribution < -0.4 is 0 Å². The maximum atomic E-state index is 10.5. The van der Waals surface area contributed by atoms with Gasteiger partial charge in [0.05, 0.1) is 12.1 Å². The lowest BCUT2D eigenvalue weighted by atomic mass is 10.3. The molecule has 0 aliphatic rings. The molecule has 1 N–H and O–H groups in total. The molecule has 2 aromatic rings. The Hall–Kier alpha value is -1.91. The number of fused-ring (bicyclic) bond motifs is 1. The molecule has 0 amide bonds. The first-order valence-electron chi connectivity index (χ1n) is 4.18. The lowest BCUT2D eigenvalue weighted by molar-refractivity contribution is -0.136. The van der Waals surface area contributed by atoms with Crippen molar-refractivity contribution in [3.63, 3.8) is 0 Å². The standard InChI is InChI=1S/C9H9N3O2/c1-6-7(4-9(13)14)11-8-2-3-10-5-12(6)8/h2-3,5H,4H2,1H3,(H,13,14). The molecule has 0 bridgehead atoms. The highest BCUT2D eigenvalue weighted by Crippen LogP contribution is 2.10. The van der Waals surface area contributed by atoms with Crippen LogP contribution >= 0.6 is 0 Å². The van der Waals surface area contributed by atoms with E-state index in [-0.39, 0.29) is 6.42 Å². The largest absolute Gasteiger partial charge is 0.481 e. The van der Waals surface area contributed by atoms with Crippen molar-refractivity contribution >= 4 is 11.6 Å². The summed E-state index contributed by atoms with van der Waals surface area (Å²) in [6, 6.07) is 1.75. The van der Waals surface area contributed by atoms with Crippen LogP contribution in [0.15, 0.2) is 18.6 Å². The molecule has 0 aliphatic carbocycles. The fourth-order valence-corrected chi connectivity index (χ4v) is 1.37. The molecule has 0 aliphatic heterocycles. The van der Waals surface area contributed by atoms with E-state index >= 15 is 0 Å². The first-order valence-corrected chi connectivity index (χ1v) is 4.18. The fourth-order valence-electron chi connectivity index (χ4n) is 1.37. The third-order valence-electron chi connectivity index (χ3n) is 2.09. The maximum Gasteiger partial charge on any atom is 0.309 e. The van der Waals surface area contributed by atoms with Gasteiger partial charge in [-0.15, -0.1) is 0 Å². The number of imidazole rings is 1. The SMILES string of the molecule is Cc1c(CC(=O)O)nc2ccncn12. The van der Waals surface area contributed by atoms with Gasteiger partial charge in [0.1, 0.15) is 12.0 Å². The zero-order chi connectivity index (χ0) is 10.1. The van der Waals surface area contributed by atoms with Crippen molar-refractivity contribution in [2.24, 2.45) is 0 Å². The first kappa shape index (κ1) is 8.68. The quantitative estimate of drug-likeness (QED) is 0.757. The molecule has 0 unspecified atom stereocenters. The Morgan fingerprint density at radius 1 is 1.64 bits per heavy atom. The molecular formula is C9H9N3O2.